The molecular formula is C21H20Cl2N2O3S. The van der Waals surface area contributed by atoms with Gasteiger partial charge >= 0.3 is 0 Å². The van der Waals surface area contributed by atoms with Crippen LogP contribution in [0.25, 0.3) is 6.08 Å². The van der Waals surface area contributed by atoms with Gasteiger partial charge in [-0.05, 0) is 67.9 Å². The van der Waals surface area contributed by atoms with Crippen molar-refractivity contribution in [3.05, 3.63) is 56.4 Å². The van der Waals surface area contributed by atoms with Gasteiger partial charge in [0.15, 0.2) is 16.7 Å². The average molecular weight is 451 g/mol. The van der Waals surface area contributed by atoms with Gasteiger partial charge in [0.25, 0.3) is 5.91 Å². The molecule has 0 aromatic heterocycles. The standard InChI is InChI=1S/C21H20Cl2N2O3S/c1-4-27-17-9-13(15(23)11-18(17)28-5-2)10-19-20(26)25-21(29-19)24-16-8-6-7-14(22)12(16)3/h6-11H,4-5H2,1-3H3,(H,24,25,26)/b19-10+. The van der Waals surface area contributed by atoms with Gasteiger partial charge in [-0.3, -0.25) is 4.79 Å². The van der Waals surface area contributed by atoms with Crippen molar-refractivity contribution in [2.75, 3.05) is 13.2 Å². The van der Waals surface area contributed by atoms with Crippen LogP contribution in [0.2, 0.25) is 10.0 Å². The number of benzene rings is 2. The Kier molecular flexibility index (Phi) is 7.11. The van der Waals surface area contributed by atoms with Crippen LogP contribution in [0, 0.1) is 6.92 Å². The minimum absolute atomic E-state index is 0.239. The van der Waals surface area contributed by atoms with Gasteiger partial charge in [0.05, 0.1) is 28.8 Å². The summed E-state index contributed by atoms with van der Waals surface area (Å²) in [5.74, 6) is 0.914. The maximum atomic E-state index is 12.4. The number of aliphatic imine (C=N–C) groups is 1. The summed E-state index contributed by atoms with van der Waals surface area (Å²) in [6.45, 7) is 6.65. The maximum absolute atomic E-state index is 12.4. The third-order valence-corrected chi connectivity index (χ3v) is 5.71. The number of carbonyl (C=O) groups is 1. The first-order valence-corrected chi connectivity index (χ1v) is 10.6. The van der Waals surface area contributed by atoms with Crippen LogP contribution in [0.5, 0.6) is 11.5 Å². The van der Waals surface area contributed by atoms with E-state index >= 15 is 0 Å². The van der Waals surface area contributed by atoms with E-state index in [4.69, 9.17) is 32.7 Å². The summed E-state index contributed by atoms with van der Waals surface area (Å²) < 4.78 is 11.2. The Morgan fingerprint density at radius 1 is 1.10 bits per heavy atom. The highest BCUT2D eigenvalue weighted by Gasteiger charge is 2.25. The highest BCUT2D eigenvalue weighted by Crippen LogP contribution is 2.37. The molecule has 1 N–H and O–H groups in total. The summed E-state index contributed by atoms with van der Waals surface area (Å²) in [6.07, 6.45) is 1.72. The molecule has 0 radical (unpaired) electrons. The minimum atomic E-state index is -0.239. The van der Waals surface area contributed by atoms with Crippen molar-refractivity contribution in [1.29, 1.82) is 0 Å². The van der Waals surface area contributed by atoms with Crippen molar-refractivity contribution >= 4 is 57.8 Å². The van der Waals surface area contributed by atoms with Gasteiger partial charge in [0, 0.05) is 11.1 Å². The Morgan fingerprint density at radius 2 is 1.79 bits per heavy atom. The van der Waals surface area contributed by atoms with Crippen LogP contribution in [-0.4, -0.2) is 24.3 Å². The number of nitrogens with one attached hydrogen (secondary N) is 1. The van der Waals surface area contributed by atoms with Crippen LogP contribution in [0.15, 0.2) is 40.2 Å². The monoisotopic (exact) mass is 450 g/mol. The Bertz CT molecular complexity index is 1010. The van der Waals surface area contributed by atoms with Crippen molar-refractivity contribution in [3.8, 4) is 11.5 Å². The lowest BCUT2D eigenvalue weighted by Gasteiger charge is -2.12. The smallest absolute Gasteiger partial charge is 0.264 e. The van der Waals surface area contributed by atoms with E-state index in [1.165, 1.54) is 11.8 Å². The lowest BCUT2D eigenvalue weighted by Crippen LogP contribution is -2.19. The second-order valence-corrected chi connectivity index (χ2v) is 7.90. The number of carbonyl (C=O) groups excluding carboxylic acids is 1. The van der Waals surface area contributed by atoms with Gasteiger partial charge in [-0.1, -0.05) is 29.3 Å². The first kappa shape index (κ1) is 21.6. The molecule has 0 saturated carbocycles. The molecule has 1 aliphatic heterocycles. The molecule has 3 rings (SSSR count). The van der Waals surface area contributed by atoms with Crippen LogP contribution >= 0.6 is 35.0 Å². The van der Waals surface area contributed by atoms with Crippen molar-refractivity contribution in [1.82, 2.24) is 5.32 Å². The molecule has 0 spiro atoms. The normalized spacial score (nSPS) is 16.4. The largest absolute Gasteiger partial charge is 0.490 e. The van der Waals surface area contributed by atoms with E-state index in [2.05, 4.69) is 10.3 Å². The van der Waals surface area contributed by atoms with Crippen LogP contribution in [0.4, 0.5) is 5.69 Å². The number of ether oxygens (including phenoxy) is 2. The maximum Gasteiger partial charge on any atom is 0.264 e. The Hall–Kier alpha value is -2.15. The van der Waals surface area contributed by atoms with Crippen LogP contribution in [-0.2, 0) is 4.79 Å². The van der Waals surface area contributed by atoms with E-state index in [1.54, 1.807) is 24.3 Å². The molecule has 1 amide bonds. The first-order chi connectivity index (χ1) is 13.9. The predicted octanol–water partition coefficient (Wildman–Crippen LogP) is 5.99. The van der Waals surface area contributed by atoms with Crippen LogP contribution < -0.4 is 14.8 Å². The van der Waals surface area contributed by atoms with Gasteiger partial charge in [-0.25, -0.2) is 4.99 Å². The van der Waals surface area contributed by atoms with Gasteiger partial charge < -0.3 is 14.8 Å². The minimum Gasteiger partial charge on any atom is -0.490 e. The number of nitrogens with zero attached hydrogens (tertiary/aromatic N) is 1. The number of hydrogen-bond acceptors (Lipinski definition) is 5. The topological polar surface area (TPSA) is 59.9 Å². The molecule has 1 aliphatic rings. The van der Waals surface area contributed by atoms with Gasteiger partial charge in [-0.15, -0.1) is 0 Å². The van der Waals surface area contributed by atoms with E-state index in [9.17, 15) is 4.79 Å². The molecule has 1 saturated heterocycles. The number of hydrogen-bond donors (Lipinski definition) is 1. The molecular weight excluding hydrogens is 431 g/mol. The first-order valence-electron chi connectivity index (χ1n) is 9.06. The number of amides is 1. The fraction of sp³-hybridized carbons (Fsp3) is 0.238. The molecule has 5 nitrogen and oxygen atoms in total. The van der Waals surface area contributed by atoms with Gasteiger partial charge in [-0.2, -0.15) is 0 Å². The molecule has 2 aromatic carbocycles. The number of halogens is 2. The molecule has 0 bridgehead atoms. The molecule has 1 heterocycles. The lowest BCUT2D eigenvalue weighted by molar-refractivity contribution is -0.115. The number of thioether (sulfide) groups is 1. The third-order valence-electron chi connectivity index (χ3n) is 4.06. The van der Waals surface area contributed by atoms with Crippen molar-refractivity contribution in [2.45, 2.75) is 20.8 Å². The quantitative estimate of drug-likeness (QED) is 0.548. The zero-order valence-corrected chi connectivity index (χ0v) is 18.5. The molecule has 2 aromatic rings. The van der Waals surface area contributed by atoms with E-state index in [1.807, 2.05) is 32.9 Å². The highest BCUT2D eigenvalue weighted by molar-refractivity contribution is 8.18. The van der Waals surface area contributed by atoms with E-state index in [0.717, 1.165) is 5.56 Å². The zero-order chi connectivity index (χ0) is 21.0. The molecule has 1 fully saturated rings. The number of rotatable bonds is 6. The van der Waals surface area contributed by atoms with Crippen molar-refractivity contribution in [2.24, 2.45) is 4.99 Å². The summed E-state index contributed by atoms with van der Waals surface area (Å²) in [4.78, 5) is 17.4. The number of amidine groups is 1. The van der Waals surface area contributed by atoms with Crippen LogP contribution in [0.3, 0.4) is 0 Å². The summed E-state index contributed by atoms with van der Waals surface area (Å²) in [7, 11) is 0. The van der Waals surface area contributed by atoms with Gasteiger partial charge in [0.2, 0.25) is 0 Å². The second-order valence-electron chi connectivity index (χ2n) is 6.05. The Balaban J connectivity index is 1.91. The molecule has 29 heavy (non-hydrogen) atoms. The fourth-order valence-electron chi connectivity index (χ4n) is 2.65. The second kappa shape index (κ2) is 9.57. The van der Waals surface area contributed by atoms with E-state index < -0.39 is 0 Å². The summed E-state index contributed by atoms with van der Waals surface area (Å²) >= 11 is 13.8. The van der Waals surface area contributed by atoms with E-state index in [0.29, 0.717) is 56.1 Å². The molecule has 0 aliphatic carbocycles. The average Bonchev–Trinajstić information content (AvgIpc) is 3.02. The van der Waals surface area contributed by atoms with Gasteiger partial charge in [0.1, 0.15) is 0 Å². The third kappa shape index (κ3) is 5.07. The van der Waals surface area contributed by atoms with E-state index in [-0.39, 0.29) is 5.91 Å². The summed E-state index contributed by atoms with van der Waals surface area (Å²) in [6, 6.07) is 8.94. The Labute approximate surface area is 184 Å². The SMILES string of the molecule is CCOc1cc(Cl)c(/C=C2/SC(=Nc3cccc(Cl)c3C)NC2=O)cc1OCC. The highest BCUT2D eigenvalue weighted by atomic mass is 35.5. The van der Waals surface area contributed by atoms with Crippen molar-refractivity contribution < 1.29 is 14.3 Å². The summed E-state index contributed by atoms with van der Waals surface area (Å²) in [5, 5.41) is 4.35. The lowest BCUT2D eigenvalue weighted by atomic mass is 10.1. The van der Waals surface area contributed by atoms with Crippen molar-refractivity contribution in [3.63, 3.8) is 0 Å². The zero-order valence-electron chi connectivity index (χ0n) is 16.2. The fourth-order valence-corrected chi connectivity index (χ4v) is 3.85. The van der Waals surface area contributed by atoms with Crippen LogP contribution in [0.1, 0.15) is 25.0 Å². The molecule has 0 atom stereocenters. The summed E-state index contributed by atoms with van der Waals surface area (Å²) in [5.41, 5.74) is 2.22. The molecule has 152 valence electrons. The predicted molar refractivity (Wildman–Crippen MR) is 121 cm³/mol. The molecule has 8 heteroatoms. The Morgan fingerprint density at radius 3 is 2.48 bits per heavy atom. The molecule has 0 unspecified atom stereocenters.